The Balaban J connectivity index is 1.78. The standard InChI is InChI=1S/C16H25N3O3S/c1-11(2)5-8-22-14-6-7-21-9-13(14)19-15(20)4-3-12-10-23-16(17)18-12/h5,10,13-14H,3-4,6-9H2,1-2H3,(H2,17,18)(H,19,20). The van der Waals surface area contributed by atoms with E-state index in [-0.39, 0.29) is 18.1 Å². The Labute approximate surface area is 141 Å². The van der Waals surface area contributed by atoms with Gasteiger partial charge in [-0.15, -0.1) is 11.3 Å². The molecule has 0 saturated carbocycles. The summed E-state index contributed by atoms with van der Waals surface area (Å²) < 4.78 is 11.3. The van der Waals surface area contributed by atoms with Gasteiger partial charge in [-0.3, -0.25) is 4.79 Å². The topological polar surface area (TPSA) is 86.5 Å². The molecule has 2 atom stereocenters. The van der Waals surface area contributed by atoms with Gasteiger partial charge in [-0.2, -0.15) is 0 Å². The summed E-state index contributed by atoms with van der Waals surface area (Å²) in [7, 11) is 0. The molecule has 1 aliphatic heterocycles. The second-order valence-electron chi connectivity index (χ2n) is 5.87. The van der Waals surface area contributed by atoms with Crippen LogP contribution in [0.15, 0.2) is 17.0 Å². The zero-order valence-electron chi connectivity index (χ0n) is 13.7. The van der Waals surface area contributed by atoms with E-state index in [9.17, 15) is 4.79 Å². The molecule has 2 rings (SSSR count). The van der Waals surface area contributed by atoms with Crippen LogP contribution in [0.2, 0.25) is 0 Å². The molecule has 128 valence electrons. The third-order valence-corrected chi connectivity index (χ3v) is 4.34. The van der Waals surface area contributed by atoms with Crippen molar-refractivity contribution in [3.8, 4) is 0 Å². The lowest BCUT2D eigenvalue weighted by atomic mass is 10.1. The van der Waals surface area contributed by atoms with Crippen LogP contribution in [0.1, 0.15) is 32.4 Å². The summed E-state index contributed by atoms with van der Waals surface area (Å²) in [5.41, 5.74) is 7.67. The van der Waals surface area contributed by atoms with Gasteiger partial charge in [0.15, 0.2) is 5.13 Å². The van der Waals surface area contributed by atoms with Gasteiger partial charge >= 0.3 is 0 Å². The molecule has 6 nitrogen and oxygen atoms in total. The number of nitrogens with one attached hydrogen (secondary N) is 1. The van der Waals surface area contributed by atoms with Crippen LogP contribution in [0.5, 0.6) is 0 Å². The maximum atomic E-state index is 12.1. The van der Waals surface area contributed by atoms with Gasteiger partial charge in [-0.05, 0) is 26.7 Å². The number of nitrogens with zero attached hydrogens (tertiary/aromatic N) is 1. The Morgan fingerprint density at radius 2 is 2.43 bits per heavy atom. The molecule has 0 bridgehead atoms. The molecule has 1 aliphatic rings. The zero-order valence-corrected chi connectivity index (χ0v) is 14.5. The number of aryl methyl sites for hydroxylation is 1. The van der Waals surface area contributed by atoms with Gasteiger partial charge in [-0.1, -0.05) is 11.6 Å². The summed E-state index contributed by atoms with van der Waals surface area (Å²) in [6.07, 6.45) is 3.82. The maximum Gasteiger partial charge on any atom is 0.220 e. The Bertz CT molecular complexity index is 540. The molecule has 7 heteroatoms. The molecule has 1 aromatic rings. The molecule has 0 aliphatic carbocycles. The van der Waals surface area contributed by atoms with Gasteiger partial charge in [0, 0.05) is 18.4 Å². The summed E-state index contributed by atoms with van der Waals surface area (Å²) >= 11 is 1.39. The van der Waals surface area contributed by atoms with Crippen LogP contribution >= 0.6 is 11.3 Å². The third kappa shape index (κ3) is 6.29. The number of carbonyl (C=O) groups is 1. The Morgan fingerprint density at radius 1 is 1.61 bits per heavy atom. The Hall–Kier alpha value is -1.44. The van der Waals surface area contributed by atoms with Crippen molar-refractivity contribution in [1.29, 1.82) is 0 Å². The maximum absolute atomic E-state index is 12.1. The molecule has 1 saturated heterocycles. The summed E-state index contributed by atoms with van der Waals surface area (Å²) in [5.74, 6) is -0.0112. The van der Waals surface area contributed by atoms with Gasteiger partial charge in [0.2, 0.25) is 5.91 Å². The van der Waals surface area contributed by atoms with Crippen LogP contribution in [0.25, 0.3) is 0 Å². The average Bonchev–Trinajstić information content (AvgIpc) is 2.92. The minimum Gasteiger partial charge on any atom is -0.379 e. The number of aromatic nitrogens is 1. The summed E-state index contributed by atoms with van der Waals surface area (Å²) in [6.45, 7) is 5.81. The Kier molecular flexibility index (Phi) is 7.01. The van der Waals surface area contributed by atoms with Gasteiger partial charge in [0.05, 0.1) is 31.1 Å². The lowest BCUT2D eigenvalue weighted by molar-refractivity contribution is -0.125. The van der Waals surface area contributed by atoms with Gasteiger partial charge in [0.25, 0.3) is 0 Å². The van der Waals surface area contributed by atoms with E-state index < -0.39 is 0 Å². The number of hydrogen-bond acceptors (Lipinski definition) is 6. The van der Waals surface area contributed by atoms with E-state index >= 15 is 0 Å². The molecule has 1 amide bonds. The average molecular weight is 339 g/mol. The normalized spacial score (nSPS) is 21.0. The fourth-order valence-electron chi connectivity index (χ4n) is 2.35. The van der Waals surface area contributed by atoms with Crippen LogP contribution in [0.3, 0.4) is 0 Å². The summed E-state index contributed by atoms with van der Waals surface area (Å²) in [5, 5.41) is 5.44. The molecular formula is C16H25N3O3S. The van der Waals surface area contributed by atoms with E-state index in [0.717, 1.165) is 12.1 Å². The van der Waals surface area contributed by atoms with Crippen molar-refractivity contribution >= 4 is 22.4 Å². The number of ether oxygens (including phenoxy) is 2. The fourth-order valence-corrected chi connectivity index (χ4v) is 2.95. The summed E-state index contributed by atoms with van der Waals surface area (Å²) in [4.78, 5) is 16.3. The van der Waals surface area contributed by atoms with E-state index in [2.05, 4.69) is 10.3 Å². The van der Waals surface area contributed by atoms with E-state index in [1.54, 1.807) is 0 Å². The quantitative estimate of drug-likeness (QED) is 0.741. The van der Waals surface area contributed by atoms with Crippen molar-refractivity contribution in [2.45, 2.75) is 45.3 Å². The van der Waals surface area contributed by atoms with Crippen LogP contribution in [0, 0.1) is 0 Å². The number of carbonyl (C=O) groups excluding carboxylic acids is 1. The van der Waals surface area contributed by atoms with Gasteiger partial charge in [-0.25, -0.2) is 4.98 Å². The SMILES string of the molecule is CC(C)=CCOC1CCOCC1NC(=O)CCc1csc(N)n1. The molecule has 0 spiro atoms. The predicted molar refractivity (Wildman–Crippen MR) is 91.4 cm³/mol. The molecule has 1 aromatic heterocycles. The van der Waals surface area contributed by atoms with E-state index in [1.165, 1.54) is 16.9 Å². The van der Waals surface area contributed by atoms with E-state index in [4.69, 9.17) is 15.2 Å². The summed E-state index contributed by atoms with van der Waals surface area (Å²) in [6, 6.07) is -0.0951. The van der Waals surface area contributed by atoms with Crippen molar-refractivity contribution in [2.75, 3.05) is 25.6 Å². The third-order valence-electron chi connectivity index (χ3n) is 3.62. The second kappa shape index (κ2) is 9.00. The van der Waals surface area contributed by atoms with E-state index in [1.807, 2.05) is 25.3 Å². The van der Waals surface area contributed by atoms with Gasteiger partial charge < -0.3 is 20.5 Å². The highest BCUT2D eigenvalue weighted by atomic mass is 32.1. The molecule has 2 unspecified atom stereocenters. The smallest absolute Gasteiger partial charge is 0.220 e. The second-order valence-corrected chi connectivity index (χ2v) is 6.76. The number of allylic oxidation sites excluding steroid dienone is 1. The highest BCUT2D eigenvalue weighted by molar-refractivity contribution is 7.13. The number of nitrogens with two attached hydrogens (primary N) is 1. The van der Waals surface area contributed by atoms with Crippen LogP contribution < -0.4 is 11.1 Å². The van der Waals surface area contributed by atoms with Crippen molar-refractivity contribution < 1.29 is 14.3 Å². The highest BCUT2D eigenvalue weighted by Crippen LogP contribution is 2.14. The molecule has 0 radical (unpaired) electrons. The first-order valence-corrected chi connectivity index (χ1v) is 8.74. The fraction of sp³-hybridized carbons (Fsp3) is 0.625. The van der Waals surface area contributed by atoms with E-state index in [0.29, 0.717) is 37.8 Å². The molecular weight excluding hydrogens is 314 g/mol. The van der Waals surface area contributed by atoms with Crippen LogP contribution in [-0.4, -0.2) is 42.9 Å². The van der Waals surface area contributed by atoms with Crippen molar-refractivity contribution in [3.05, 3.63) is 22.7 Å². The molecule has 2 heterocycles. The highest BCUT2D eigenvalue weighted by Gasteiger charge is 2.27. The van der Waals surface area contributed by atoms with Crippen molar-refractivity contribution in [2.24, 2.45) is 0 Å². The first kappa shape index (κ1) is 17.9. The van der Waals surface area contributed by atoms with Crippen LogP contribution in [0.4, 0.5) is 5.13 Å². The Morgan fingerprint density at radius 3 is 3.13 bits per heavy atom. The number of rotatable bonds is 7. The predicted octanol–water partition coefficient (Wildman–Crippen LogP) is 1.91. The molecule has 1 fully saturated rings. The lowest BCUT2D eigenvalue weighted by Crippen LogP contribution is -2.50. The van der Waals surface area contributed by atoms with Crippen molar-refractivity contribution in [3.63, 3.8) is 0 Å². The molecule has 0 aromatic carbocycles. The minimum absolute atomic E-state index is 0.00165. The first-order chi connectivity index (χ1) is 11.0. The zero-order chi connectivity index (χ0) is 16.7. The lowest BCUT2D eigenvalue weighted by Gasteiger charge is -2.31. The molecule has 23 heavy (non-hydrogen) atoms. The largest absolute Gasteiger partial charge is 0.379 e. The van der Waals surface area contributed by atoms with Crippen LogP contribution in [-0.2, 0) is 20.7 Å². The van der Waals surface area contributed by atoms with Crippen molar-refractivity contribution in [1.82, 2.24) is 10.3 Å². The first-order valence-electron chi connectivity index (χ1n) is 7.86. The number of thiazole rings is 1. The molecule has 3 N–H and O–H groups in total. The minimum atomic E-state index is -0.0951. The van der Waals surface area contributed by atoms with Gasteiger partial charge in [0.1, 0.15) is 0 Å². The number of hydrogen-bond donors (Lipinski definition) is 2. The number of anilines is 1. The number of amides is 1. The monoisotopic (exact) mass is 339 g/mol. The number of nitrogen functional groups attached to an aromatic ring is 1.